The van der Waals surface area contributed by atoms with Crippen molar-refractivity contribution in [3.63, 3.8) is 0 Å². The molecule has 108 valence electrons. The van der Waals surface area contributed by atoms with Crippen LogP contribution >= 0.6 is 12.2 Å². The summed E-state index contributed by atoms with van der Waals surface area (Å²) in [5, 5.41) is 8.28. The molecule has 0 aliphatic rings. The van der Waals surface area contributed by atoms with E-state index in [0.717, 1.165) is 33.4 Å². The lowest BCUT2D eigenvalue weighted by molar-refractivity contribution is 0.415. The minimum absolute atomic E-state index is 0.577. The molecule has 0 radical (unpaired) electrons. The smallest absolute Gasteiger partial charge is 0.200 e. The summed E-state index contributed by atoms with van der Waals surface area (Å²) in [7, 11) is 1.66. The van der Waals surface area contributed by atoms with Crippen molar-refractivity contribution < 1.29 is 4.74 Å². The number of fused-ring (bicyclic) bond motifs is 3. The maximum Gasteiger partial charge on any atom is 0.200 e. The Morgan fingerprint density at radius 1 is 1.09 bits per heavy atom. The van der Waals surface area contributed by atoms with Crippen LogP contribution in [0, 0.1) is 4.77 Å². The number of aromatic amines is 1. The minimum Gasteiger partial charge on any atom is -0.497 e. The van der Waals surface area contributed by atoms with Gasteiger partial charge in [0.2, 0.25) is 0 Å². The van der Waals surface area contributed by atoms with E-state index in [-0.39, 0.29) is 0 Å². The Labute approximate surface area is 132 Å². The van der Waals surface area contributed by atoms with E-state index < -0.39 is 0 Å². The fourth-order valence-electron chi connectivity index (χ4n) is 2.75. The van der Waals surface area contributed by atoms with E-state index in [1.165, 1.54) is 0 Å². The van der Waals surface area contributed by atoms with Crippen LogP contribution in [0.15, 0.2) is 54.6 Å². The van der Waals surface area contributed by atoms with Crippen LogP contribution in [-0.4, -0.2) is 21.7 Å². The number of aromatic nitrogens is 3. The first-order valence-electron chi connectivity index (χ1n) is 6.91. The highest BCUT2D eigenvalue weighted by Crippen LogP contribution is 2.32. The van der Waals surface area contributed by atoms with E-state index >= 15 is 0 Å². The molecule has 5 heteroatoms. The SMILES string of the molecule is COc1ccc2c(-c3ccccc3)cc3n[nH]c(=S)n3c2c1. The molecule has 4 rings (SSSR count). The van der Waals surface area contributed by atoms with Crippen molar-refractivity contribution >= 4 is 28.8 Å². The largest absolute Gasteiger partial charge is 0.497 e. The molecule has 2 heterocycles. The number of methoxy groups -OCH3 is 1. The second-order valence-corrected chi connectivity index (χ2v) is 5.42. The van der Waals surface area contributed by atoms with Crippen LogP contribution in [-0.2, 0) is 0 Å². The molecule has 0 saturated carbocycles. The topological polar surface area (TPSA) is 42.3 Å². The van der Waals surface area contributed by atoms with Crippen LogP contribution < -0.4 is 4.74 Å². The molecule has 0 saturated heterocycles. The van der Waals surface area contributed by atoms with Crippen LogP contribution in [0.5, 0.6) is 5.75 Å². The van der Waals surface area contributed by atoms with E-state index in [2.05, 4.69) is 34.5 Å². The Kier molecular flexibility index (Phi) is 2.94. The Morgan fingerprint density at radius 2 is 1.91 bits per heavy atom. The summed E-state index contributed by atoms with van der Waals surface area (Å²) in [5.41, 5.74) is 4.05. The number of hydrogen-bond donors (Lipinski definition) is 1. The molecule has 0 fully saturated rings. The number of H-pyrrole nitrogens is 1. The van der Waals surface area contributed by atoms with Gasteiger partial charge < -0.3 is 4.74 Å². The molecule has 1 N–H and O–H groups in total. The zero-order valence-corrected chi connectivity index (χ0v) is 12.7. The van der Waals surface area contributed by atoms with Crippen molar-refractivity contribution in [1.29, 1.82) is 0 Å². The van der Waals surface area contributed by atoms with E-state index in [4.69, 9.17) is 17.0 Å². The molecule has 0 amide bonds. The summed E-state index contributed by atoms with van der Waals surface area (Å²) in [4.78, 5) is 0. The Balaban J connectivity index is 2.19. The van der Waals surface area contributed by atoms with E-state index in [1.54, 1.807) is 7.11 Å². The minimum atomic E-state index is 0.577. The average molecular weight is 307 g/mol. The van der Waals surface area contributed by atoms with Crippen molar-refractivity contribution in [1.82, 2.24) is 14.6 Å². The van der Waals surface area contributed by atoms with Gasteiger partial charge in [-0.1, -0.05) is 30.3 Å². The first kappa shape index (κ1) is 13.0. The van der Waals surface area contributed by atoms with Gasteiger partial charge in [0, 0.05) is 11.5 Å². The first-order chi connectivity index (χ1) is 10.8. The normalized spacial score (nSPS) is 11.1. The highest BCUT2D eigenvalue weighted by atomic mass is 32.1. The molecule has 4 aromatic rings. The molecule has 0 bridgehead atoms. The molecule has 4 nitrogen and oxygen atoms in total. The fraction of sp³-hybridized carbons (Fsp3) is 0.0588. The Bertz CT molecular complexity index is 1030. The van der Waals surface area contributed by atoms with Gasteiger partial charge in [-0.2, -0.15) is 5.10 Å². The van der Waals surface area contributed by atoms with Gasteiger partial charge in [0.25, 0.3) is 0 Å². The van der Waals surface area contributed by atoms with E-state index in [0.29, 0.717) is 4.77 Å². The third-order valence-corrected chi connectivity index (χ3v) is 4.07. The van der Waals surface area contributed by atoms with Crippen molar-refractivity contribution in [2.45, 2.75) is 0 Å². The lowest BCUT2D eigenvalue weighted by Gasteiger charge is -2.10. The van der Waals surface area contributed by atoms with Gasteiger partial charge in [0.1, 0.15) is 5.75 Å². The molecular weight excluding hydrogens is 294 g/mol. The average Bonchev–Trinajstić information content (AvgIpc) is 2.95. The van der Waals surface area contributed by atoms with Crippen molar-refractivity contribution in [2.24, 2.45) is 0 Å². The second-order valence-electron chi connectivity index (χ2n) is 5.03. The second kappa shape index (κ2) is 4.96. The van der Waals surface area contributed by atoms with Crippen LogP contribution in [0.3, 0.4) is 0 Å². The predicted molar refractivity (Wildman–Crippen MR) is 89.9 cm³/mol. The number of ether oxygens (including phenoxy) is 1. The number of rotatable bonds is 2. The zero-order chi connectivity index (χ0) is 15.1. The third kappa shape index (κ3) is 1.90. The van der Waals surface area contributed by atoms with Crippen molar-refractivity contribution in [2.75, 3.05) is 7.11 Å². The van der Waals surface area contributed by atoms with Crippen LogP contribution in [0.2, 0.25) is 0 Å². The van der Waals surface area contributed by atoms with Gasteiger partial charge in [0.15, 0.2) is 10.4 Å². The van der Waals surface area contributed by atoms with Gasteiger partial charge >= 0.3 is 0 Å². The molecule has 0 aliphatic heterocycles. The highest BCUT2D eigenvalue weighted by molar-refractivity contribution is 7.71. The molecule has 0 unspecified atom stereocenters. The summed E-state index contributed by atoms with van der Waals surface area (Å²) < 4.78 is 7.86. The number of hydrogen-bond acceptors (Lipinski definition) is 3. The number of nitrogens with one attached hydrogen (secondary N) is 1. The predicted octanol–water partition coefficient (Wildman–Crippen LogP) is 4.22. The lowest BCUT2D eigenvalue weighted by Crippen LogP contribution is -1.93. The van der Waals surface area contributed by atoms with Crippen LogP contribution in [0.25, 0.3) is 27.7 Å². The van der Waals surface area contributed by atoms with Crippen LogP contribution in [0.1, 0.15) is 0 Å². The lowest BCUT2D eigenvalue weighted by atomic mass is 10.0. The number of benzene rings is 2. The third-order valence-electron chi connectivity index (χ3n) is 3.79. The van der Waals surface area contributed by atoms with Gasteiger partial charge in [-0.15, -0.1) is 0 Å². The van der Waals surface area contributed by atoms with E-state index in [9.17, 15) is 0 Å². The number of nitrogens with zero attached hydrogens (tertiary/aromatic N) is 2. The molecule has 2 aromatic heterocycles. The summed E-state index contributed by atoms with van der Waals surface area (Å²) in [6.07, 6.45) is 0. The van der Waals surface area contributed by atoms with Crippen LogP contribution in [0.4, 0.5) is 0 Å². The molecular formula is C17H13N3OS. The molecule has 22 heavy (non-hydrogen) atoms. The quantitative estimate of drug-likeness (QED) is 0.564. The molecule has 0 aliphatic carbocycles. The van der Waals surface area contributed by atoms with Gasteiger partial charge in [-0.05, 0) is 41.5 Å². The van der Waals surface area contributed by atoms with Crippen molar-refractivity contribution in [3.05, 3.63) is 59.4 Å². The summed E-state index contributed by atoms with van der Waals surface area (Å²) in [5.74, 6) is 0.794. The summed E-state index contributed by atoms with van der Waals surface area (Å²) >= 11 is 5.36. The number of pyridine rings is 1. The highest BCUT2D eigenvalue weighted by Gasteiger charge is 2.11. The zero-order valence-electron chi connectivity index (χ0n) is 11.9. The van der Waals surface area contributed by atoms with Gasteiger partial charge in [-0.25, -0.2) is 0 Å². The maximum absolute atomic E-state index is 5.36. The standard InChI is InChI=1S/C17H13N3OS/c1-21-12-7-8-13-14(11-5-3-2-4-6-11)10-16-18-19-17(22)20(16)15(13)9-12/h2-10H,1H3,(H,19,22). The summed E-state index contributed by atoms with van der Waals surface area (Å²) in [6, 6.07) is 18.3. The van der Waals surface area contributed by atoms with Gasteiger partial charge in [-0.3, -0.25) is 9.50 Å². The van der Waals surface area contributed by atoms with E-state index in [1.807, 2.05) is 34.7 Å². The monoisotopic (exact) mass is 307 g/mol. The van der Waals surface area contributed by atoms with Gasteiger partial charge in [0.05, 0.1) is 12.6 Å². The van der Waals surface area contributed by atoms with Crippen molar-refractivity contribution in [3.8, 4) is 16.9 Å². The Hall–Kier alpha value is -2.66. The molecule has 0 spiro atoms. The summed E-state index contributed by atoms with van der Waals surface area (Å²) in [6.45, 7) is 0. The Morgan fingerprint density at radius 3 is 2.68 bits per heavy atom. The fourth-order valence-corrected chi connectivity index (χ4v) is 2.99. The maximum atomic E-state index is 5.36. The molecule has 0 atom stereocenters. The first-order valence-corrected chi connectivity index (χ1v) is 7.32. The molecule has 2 aromatic carbocycles.